The molecule has 5 heteroatoms. The maximum atomic E-state index is 9.67. The molecule has 1 atom stereocenters. The van der Waals surface area contributed by atoms with Gasteiger partial charge in [-0.05, 0) is 25.5 Å². The van der Waals surface area contributed by atoms with Gasteiger partial charge in [0.1, 0.15) is 6.10 Å². The number of aromatic nitrogens is 2. The van der Waals surface area contributed by atoms with Gasteiger partial charge in [0, 0.05) is 6.42 Å². The number of nitrogens with zero attached hydrogens (tertiary/aromatic N) is 2. The minimum absolute atomic E-state index is 0.239. The highest BCUT2D eigenvalue weighted by atomic mass is 16.5. The van der Waals surface area contributed by atoms with E-state index in [0.29, 0.717) is 25.2 Å². The number of rotatable bonds is 5. The molecule has 0 aliphatic heterocycles. The molecule has 5 nitrogen and oxygen atoms in total. The largest absolute Gasteiger partial charge is 0.383 e. The minimum atomic E-state index is -0.770. The van der Waals surface area contributed by atoms with E-state index in [1.54, 1.807) is 0 Å². The SMILES string of the molecule is Cc1cccc(Cc2noc(C(O)CCN)n2)c1. The third-order valence-corrected chi connectivity index (χ3v) is 2.65. The highest BCUT2D eigenvalue weighted by Crippen LogP contribution is 2.15. The van der Waals surface area contributed by atoms with Gasteiger partial charge in [0.25, 0.3) is 5.89 Å². The number of nitrogens with two attached hydrogens (primary N) is 1. The van der Waals surface area contributed by atoms with Crippen LogP contribution >= 0.6 is 0 Å². The van der Waals surface area contributed by atoms with E-state index in [4.69, 9.17) is 10.3 Å². The van der Waals surface area contributed by atoms with E-state index in [2.05, 4.69) is 16.2 Å². The first-order valence-corrected chi connectivity index (χ1v) is 5.95. The van der Waals surface area contributed by atoms with Crippen LogP contribution in [-0.4, -0.2) is 21.8 Å². The van der Waals surface area contributed by atoms with Crippen molar-refractivity contribution in [1.82, 2.24) is 10.1 Å². The lowest BCUT2D eigenvalue weighted by Gasteiger charge is -2.01. The summed E-state index contributed by atoms with van der Waals surface area (Å²) in [6, 6.07) is 8.12. The molecule has 2 aromatic rings. The average Bonchev–Trinajstić information content (AvgIpc) is 2.78. The van der Waals surface area contributed by atoms with E-state index in [1.807, 2.05) is 25.1 Å². The summed E-state index contributed by atoms with van der Waals surface area (Å²) in [7, 11) is 0. The first-order valence-electron chi connectivity index (χ1n) is 5.95. The molecule has 2 rings (SSSR count). The van der Waals surface area contributed by atoms with Gasteiger partial charge in [-0.3, -0.25) is 0 Å². The second kappa shape index (κ2) is 5.75. The van der Waals surface area contributed by atoms with Crippen LogP contribution < -0.4 is 5.73 Å². The van der Waals surface area contributed by atoms with Crippen molar-refractivity contribution >= 4 is 0 Å². The second-order valence-electron chi connectivity index (χ2n) is 4.31. The van der Waals surface area contributed by atoms with Crippen LogP contribution in [0.15, 0.2) is 28.8 Å². The molecule has 96 valence electrons. The van der Waals surface area contributed by atoms with Crippen LogP contribution in [0.25, 0.3) is 0 Å². The number of aryl methyl sites for hydroxylation is 1. The molecule has 1 unspecified atom stereocenters. The van der Waals surface area contributed by atoms with Gasteiger partial charge in [0.05, 0.1) is 0 Å². The molecule has 0 saturated heterocycles. The Morgan fingerprint density at radius 2 is 2.28 bits per heavy atom. The Kier molecular flexibility index (Phi) is 4.07. The van der Waals surface area contributed by atoms with Crippen LogP contribution in [-0.2, 0) is 6.42 Å². The van der Waals surface area contributed by atoms with E-state index in [1.165, 1.54) is 5.56 Å². The maximum absolute atomic E-state index is 9.67. The lowest BCUT2D eigenvalue weighted by Crippen LogP contribution is -2.07. The molecule has 0 spiro atoms. The van der Waals surface area contributed by atoms with Crippen molar-refractivity contribution in [2.24, 2.45) is 5.73 Å². The summed E-state index contributed by atoms with van der Waals surface area (Å²) in [5.41, 5.74) is 7.68. The Hall–Kier alpha value is -1.72. The monoisotopic (exact) mass is 247 g/mol. The maximum Gasteiger partial charge on any atom is 0.255 e. The van der Waals surface area contributed by atoms with Crippen molar-refractivity contribution in [2.75, 3.05) is 6.54 Å². The summed E-state index contributed by atoms with van der Waals surface area (Å²) in [5.74, 6) is 0.815. The predicted octanol–water partition coefficient (Wildman–Crippen LogP) is 1.35. The fraction of sp³-hybridized carbons (Fsp3) is 0.385. The van der Waals surface area contributed by atoms with Crippen molar-refractivity contribution < 1.29 is 9.63 Å². The van der Waals surface area contributed by atoms with Crippen molar-refractivity contribution in [2.45, 2.75) is 25.9 Å². The number of aliphatic hydroxyl groups is 1. The lowest BCUT2D eigenvalue weighted by atomic mass is 10.1. The molecule has 0 fully saturated rings. The topological polar surface area (TPSA) is 85.2 Å². The third-order valence-electron chi connectivity index (χ3n) is 2.65. The van der Waals surface area contributed by atoms with E-state index in [0.717, 1.165) is 5.56 Å². The van der Waals surface area contributed by atoms with E-state index in [-0.39, 0.29) is 5.89 Å². The van der Waals surface area contributed by atoms with Gasteiger partial charge in [0.2, 0.25) is 0 Å². The van der Waals surface area contributed by atoms with Gasteiger partial charge in [-0.25, -0.2) is 0 Å². The lowest BCUT2D eigenvalue weighted by molar-refractivity contribution is 0.127. The zero-order chi connectivity index (χ0) is 13.0. The van der Waals surface area contributed by atoms with Crippen LogP contribution in [0.2, 0.25) is 0 Å². The molecule has 0 amide bonds. The van der Waals surface area contributed by atoms with Gasteiger partial charge in [-0.2, -0.15) is 4.98 Å². The molecule has 1 heterocycles. The van der Waals surface area contributed by atoms with Crippen LogP contribution in [0.1, 0.15) is 35.4 Å². The molecule has 0 aliphatic carbocycles. The zero-order valence-corrected chi connectivity index (χ0v) is 10.3. The van der Waals surface area contributed by atoms with E-state index < -0.39 is 6.10 Å². The Balaban J connectivity index is 2.06. The average molecular weight is 247 g/mol. The molecule has 0 aliphatic rings. The van der Waals surface area contributed by atoms with E-state index >= 15 is 0 Å². The molecule has 1 aromatic heterocycles. The van der Waals surface area contributed by atoms with Gasteiger partial charge < -0.3 is 15.4 Å². The van der Waals surface area contributed by atoms with Crippen LogP contribution in [0, 0.1) is 6.92 Å². The minimum Gasteiger partial charge on any atom is -0.383 e. The predicted molar refractivity (Wildman–Crippen MR) is 66.9 cm³/mol. The summed E-state index contributed by atoms with van der Waals surface area (Å²) in [5, 5.41) is 13.5. The summed E-state index contributed by atoms with van der Waals surface area (Å²) in [4.78, 5) is 4.17. The van der Waals surface area contributed by atoms with Crippen LogP contribution in [0.3, 0.4) is 0 Å². The second-order valence-corrected chi connectivity index (χ2v) is 4.31. The van der Waals surface area contributed by atoms with Gasteiger partial charge in [-0.1, -0.05) is 35.0 Å². The molecule has 18 heavy (non-hydrogen) atoms. The van der Waals surface area contributed by atoms with Crippen molar-refractivity contribution in [1.29, 1.82) is 0 Å². The normalized spacial score (nSPS) is 12.6. The number of benzene rings is 1. The smallest absolute Gasteiger partial charge is 0.255 e. The fourth-order valence-electron chi connectivity index (χ4n) is 1.76. The summed E-state index contributed by atoms with van der Waals surface area (Å²) in [6.45, 7) is 2.42. The molecule has 1 aromatic carbocycles. The van der Waals surface area contributed by atoms with Gasteiger partial charge in [0.15, 0.2) is 5.82 Å². The van der Waals surface area contributed by atoms with Gasteiger partial charge >= 0.3 is 0 Å². The van der Waals surface area contributed by atoms with Crippen molar-refractivity contribution in [3.8, 4) is 0 Å². The number of hydrogen-bond donors (Lipinski definition) is 2. The van der Waals surface area contributed by atoms with E-state index in [9.17, 15) is 5.11 Å². The molecular weight excluding hydrogens is 230 g/mol. The first-order chi connectivity index (χ1) is 8.69. The molecule has 3 N–H and O–H groups in total. The highest BCUT2D eigenvalue weighted by Gasteiger charge is 2.15. The standard InChI is InChI=1S/C13H17N3O2/c1-9-3-2-4-10(7-9)8-12-15-13(18-16-12)11(17)5-6-14/h2-4,7,11,17H,5-6,8,14H2,1H3. The van der Waals surface area contributed by atoms with Crippen LogP contribution in [0.5, 0.6) is 0 Å². The molecule has 0 radical (unpaired) electrons. The molecular formula is C13H17N3O2. The van der Waals surface area contributed by atoms with Crippen LogP contribution in [0.4, 0.5) is 0 Å². The number of hydrogen-bond acceptors (Lipinski definition) is 5. The summed E-state index contributed by atoms with van der Waals surface area (Å²) in [6.07, 6.45) is 0.251. The first kappa shape index (κ1) is 12.7. The quantitative estimate of drug-likeness (QED) is 0.833. The Morgan fingerprint density at radius 3 is 3.00 bits per heavy atom. The zero-order valence-electron chi connectivity index (χ0n) is 10.3. The Bertz CT molecular complexity index is 510. The fourth-order valence-corrected chi connectivity index (χ4v) is 1.76. The molecule has 0 bridgehead atoms. The summed E-state index contributed by atoms with van der Waals surface area (Å²) >= 11 is 0. The van der Waals surface area contributed by atoms with Gasteiger partial charge in [-0.15, -0.1) is 0 Å². The highest BCUT2D eigenvalue weighted by molar-refractivity contribution is 5.24. The number of aliphatic hydroxyl groups excluding tert-OH is 1. The third kappa shape index (κ3) is 3.15. The Morgan fingerprint density at radius 1 is 1.44 bits per heavy atom. The van der Waals surface area contributed by atoms with Crippen molar-refractivity contribution in [3.05, 3.63) is 47.1 Å². The summed E-state index contributed by atoms with van der Waals surface area (Å²) < 4.78 is 5.01. The molecule has 0 saturated carbocycles. The van der Waals surface area contributed by atoms with Crippen molar-refractivity contribution in [3.63, 3.8) is 0 Å². The Labute approximate surface area is 106 Å².